The van der Waals surface area contributed by atoms with E-state index in [4.69, 9.17) is 10.5 Å². The number of hydrogen-bond acceptors (Lipinski definition) is 3. The number of carbonyl (C=O) groups is 1. The van der Waals surface area contributed by atoms with Gasteiger partial charge in [0, 0.05) is 13.1 Å². The molecule has 0 saturated carbocycles. The van der Waals surface area contributed by atoms with Gasteiger partial charge in [0.2, 0.25) is 5.91 Å². The van der Waals surface area contributed by atoms with Crippen LogP contribution in [0, 0.1) is 0 Å². The van der Waals surface area contributed by atoms with Crippen molar-refractivity contribution in [3.05, 3.63) is 30.3 Å². The summed E-state index contributed by atoms with van der Waals surface area (Å²) in [6, 6.07) is 9.53. The fourth-order valence-electron chi connectivity index (χ4n) is 2.04. The molecule has 2 N–H and O–H groups in total. The highest BCUT2D eigenvalue weighted by Crippen LogP contribution is 2.22. The molecule has 0 aliphatic carbocycles. The predicted octanol–water partition coefficient (Wildman–Crippen LogP) is 1.41. The summed E-state index contributed by atoms with van der Waals surface area (Å²) in [5, 5.41) is 0. The van der Waals surface area contributed by atoms with E-state index in [0.29, 0.717) is 26.1 Å². The highest BCUT2D eigenvalue weighted by molar-refractivity contribution is 5.77. The van der Waals surface area contributed by atoms with Gasteiger partial charge in [-0.3, -0.25) is 4.79 Å². The van der Waals surface area contributed by atoms with Crippen LogP contribution in [0.2, 0.25) is 0 Å². The molecule has 4 nitrogen and oxygen atoms in total. The van der Waals surface area contributed by atoms with Gasteiger partial charge >= 0.3 is 0 Å². The average Bonchev–Trinajstić information content (AvgIpc) is 2.36. The van der Waals surface area contributed by atoms with Crippen LogP contribution in [0.15, 0.2) is 30.3 Å². The smallest absolute Gasteiger partial charge is 0.226 e. The standard InChI is InChI=1S/C14H20N2O2/c1-2-14(15)10-16(11-14)13(17)8-9-18-12-6-4-3-5-7-12/h3-7H,2,8-11,15H2,1H3. The number of amides is 1. The van der Waals surface area contributed by atoms with Gasteiger partial charge in [0.05, 0.1) is 18.6 Å². The molecule has 1 aromatic rings. The molecule has 1 amide bonds. The summed E-state index contributed by atoms with van der Waals surface area (Å²) in [5.41, 5.74) is 5.87. The van der Waals surface area contributed by atoms with Crippen molar-refractivity contribution in [1.29, 1.82) is 0 Å². The second kappa shape index (κ2) is 5.40. The van der Waals surface area contributed by atoms with E-state index in [0.717, 1.165) is 12.2 Å². The van der Waals surface area contributed by atoms with Crippen molar-refractivity contribution in [3.8, 4) is 5.75 Å². The number of para-hydroxylation sites is 1. The molecule has 1 aromatic carbocycles. The molecule has 0 bridgehead atoms. The molecule has 0 unspecified atom stereocenters. The molecule has 98 valence electrons. The Kier molecular flexibility index (Phi) is 3.87. The van der Waals surface area contributed by atoms with Crippen LogP contribution in [-0.2, 0) is 4.79 Å². The lowest BCUT2D eigenvalue weighted by molar-refractivity contribution is -0.139. The Hall–Kier alpha value is -1.55. The van der Waals surface area contributed by atoms with E-state index < -0.39 is 0 Å². The van der Waals surface area contributed by atoms with E-state index in [9.17, 15) is 4.79 Å². The number of nitrogens with zero attached hydrogens (tertiary/aromatic N) is 1. The fraction of sp³-hybridized carbons (Fsp3) is 0.500. The normalized spacial score (nSPS) is 17.1. The van der Waals surface area contributed by atoms with Crippen molar-refractivity contribution in [2.45, 2.75) is 25.3 Å². The van der Waals surface area contributed by atoms with Crippen LogP contribution in [0.4, 0.5) is 0 Å². The Morgan fingerprint density at radius 3 is 2.67 bits per heavy atom. The van der Waals surface area contributed by atoms with Crippen LogP contribution < -0.4 is 10.5 Å². The van der Waals surface area contributed by atoms with Crippen molar-refractivity contribution in [2.24, 2.45) is 5.73 Å². The molecule has 1 fully saturated rings. The SMILES string of the molecule is CCC1(N)CN(C(=O)CCOc2ccccc2)C1. The summed E-state index contributed by atoms with van der Waals surface area (Å²) < 4.78 is 5.49. The Labute approximate surface area is 108 Å². The lowest BCUT2D eigenvalue weighted by Crippen LogP contribution is -2.68. The van der Waals surface area contributed by atoms with Gasteiger partial charge < -0.3 is 15.4 Å². The number of hydrogen-bond donors (Lipinski definition) is 1. The Morgan fingerprint density at radius 2 is 2.06 bits per heavy atom. The van der Waals surface area contributed by atoms with Gasteiger partial charge in [-0.25, -0.2) is 0 Å². The third kappa shape index (κ3) is 3.01. The third-order valence-corrected chi connectivity index (χ3v) is 3.40. The number of carbonyl (C=O) groups excluding carboxylic acids is 1. The van der Waals surface area contributed by atoms with Gasteiger partial charge in [-0.2, -0.15) is 0 Å². The summed E-state index contributed by atoms with van der Waals surface area (Å²) in [6.45, 7) is 3.82. The molecule has 2 rings (SSSR count). The van der Waals surface area contributed by atoms with Crippen molar-refractivity contribution in [1.82, 2.24) is 4.90 Å². The fourth-order valence-corrected chi connectivity index (χ4v) is 2.04. The molecular formula is C14H20N2O2. The first-order valence-electron chi connectivity index (χ1n) is 6.37. The van der Waals surface area contributed by atoms with Gasteiger partial charge in [-0.1, -0.05) is 25.1 Å². The lowest BCUT2D eigenvalue weighted by Gasteiger charge is -2.47. The average molecular weight is 248 g/mol. The molecule has 18 heavy (non-hydrogen) atoms. The zero-order valence-electron chi connectivity index (χ0n) is 10.8. The first kappa shape index (κ1) is 12.9. The molecule has 1 saturated heterocycles. The quantitative estimate of drug-likeness (QED) is 0.857. The number of nitrogens with two attached hydrogens (primary N) is 1. The maximum Gasteiger partial charge on any atom is 0.226 e. The Bertz CT molecular complexity index is 400. The van der Waals surface area contributed by atoms with Gasteiger partial charge in [0.15, 0.2) is 0 Å². The zero-order chi connectivity index (χ0) is 13.0. The van der Waals surface area contributed by atoms with E-state index in [1.807, 2.05) is 30.3 Å². The molecule has 4 heteroatoms. The van der Waals surface area contributed by atoms with Crippen molar-refractivity contribution < 1.29 is 9.53 Å². The second-order valence-corrected chi connectivity index (χ2v) is 4.88. The maximum atomic E-state index is 11.8. The number of benzene rings is 1. The predicted molar refractivity (Wildman–Crippen MR) is 70.3 cm³/mol. The van der Waals surface area contributed by atoms with E-state index in [1.165, 1.54) is 0 Å². The highest BCUT2D eigenvalue weighted by Gasteiger charge is 2.39. The van der Waals surface area contributed by atoms with Crippen molar-refractivity contribution in [3.63, 3.8) is 0 Å². The molecular weight excluding hydrogens is 228 g/mol. The van der Waals surface area contributed by atoms with Gasteiger partial charge in [0.1, 0.15) is 5.75 Å². The lowest BCUT2D eigenvalue weighted by atomic mass is 9.88. The summed E-state index contributed by atoms with van der Waals surface area (Å²) in [7, 11) is 0. The first-order valence-corrected chi connectivity index (χ1v) is 6.37. The van der Waals surface area contributed by atoms with Gasteiger partial charge in [-0.15, -0.1) is 0 Å². The second-order valence-electron chi connectivity index (χ2n) is 4.88. The van der Waals surface area contributed by atoms with E-state index in [-0.39, 0.29) is 11.4 Å². The largest absolute Gasteiger partial charge is 0.493 e. The van der Waals surface area contributed by atoms with E-state index >= 15 is 0 Å². The van der Waals surface area contributed by atoms with Gasteiger partial charge in [0.25, 0.3) is 0 Å². The van der Waals surface area contributed by atoms with Crippen LogP contribution >= 0.6 is 0 Å². The Morgan fingerprint density at radius 1 is 1.39 bits per heavy atom. The molecule has 0 aromatic heterocycles. The molecule has 1 aliphatic heterocycles. The van der Waals surface area contributed by atoms with Crippen LogP contribution in [0.1, 0.15) is 19.8 Å². The minimum Gasteiger partial charge on any atom is -0.493 e. The topological polar surface area (TPSA) is 55.6 Å². The number of rotatable bonds is 5. The van der Waals surface area contributed by atoms with Crippen LogP contribution in [0.3, 0.4) is 0 Å². The third-order valence-electron chi connectivity index (χ3n) is 3.40. The molecule has 0 radical (unpaired) electrons. The monoisotopic (exact) mass is 248 g/mol. The first-order chi connectivity index (χ1) is 8.63. The molecule has 0 spiro atoms. The van der Waals surface area contributed by atoms with Crippen LogP contribution in [-0.4, -0.2) is 36.0 Å². The highest BCUT2D eigenvalue weighted by atomic mass is 16.5. The molecule has 1 aliphatic rings. The summed E-state index contributed by atoms with van der Waals surface area (Å²) in [4.78, 5) is 13.6. The van der Waals surface area contributed by atoms with Crippen molar-refractivity contribution in [2.75, 3.05) is 19.7 Å². The van der Waals surface area contributed by atoms with E-state index in [2.05, 4.69) is 6.92 Å². The minimum atomic E-state index is -0.157. The van der Waals surface area contributed by atoms with Crippen LogP contribution in [0.25, 0.3) is 0 Å². The zero-order valence-corrected chi connectivity index (χ0v) is 10.8. The van der Waals surface area contributed by atoms with E-state index in [1.54, 1.807) is 4.90 Å². The summed E-state index contributed by atoms with van der Waals surface area (Å²) in [5.74, 6) is 0.927. The molecule has 0 atom stereocenters. The molecule has 1 heterocycles. The number of ether oxygens (including phenoxy) is 1. The Balaban J connectivity index is 1.68. The minimum absolute atomic E-state index is 0.125. The van der Waals surface area contributed by atoms with Crippen LogP contribution in [0.5, 0.6) is 5.75 Å². The van der Waals surface area contributed by atoms with Gasteiger partial charge in [-0.05, 0) is 18.6 Å². The summed E-state index contributed by atoms with van der Waals surface area (Å²) >= 11 is 0. The van der Waals surface area contributed by atoms with Crippen molar-refractivity contribution >= 4 is 5.91 Å². The summed E-state index contributed by atoms with van der Waals surface area (Å²) in [6.07, 6.45) is 1.33. The number of likely N-dealkylation sites (tertiary alicyclic amines) is 1. The maximum absolute atomic E-state index is 11.8.